The number of nitrogens with zero attached hydrogens (tertiary/aromatic N) is 2. The molecule has 0 radical (unpaired) electrons. The van der Waals surface area contributed by atoms with Crippen LogP contribution < -0.4 is 10.2 Å². The van der Waals surface area contributed by atoms with Crippen molar-refractivity contribution in [2.45, 2.75) is 6.61 Å². The maximum atomic E-state index is 13.9. The number of carbonyl (C=O) groups is 1. The zero-order valence-corrected chi connectivity index (χ0v) is 23.0. The van der Waals surface area contributed by atoms with Gasteiger partial charge < -0.3 is 4.74 Å². The van der Waals surface area contributed by atoms with Crippen LogP contribution in [0.3, 0.4) is 0 Å². The molecule has 0 aliphatic rings. The lowest BCUT2D eigenvalue weighted by atomic mass is 10.0. The first-order valence-electron chi connectivity index (χ1n) is 11.6. The number of nitrogens with one attached hydrogen (secondary N) is 1. The van der Waals surface area contributed by atoms with Gasteiger partial charge in [0.15, 0.2) is 0 Å². The zero-order valence-electron chi connectivity index (χ0n) is 19.9. The molecule has 5 nitrogen and oxygen atoms in total. The molecule has 0 saturated carbocycles. The molecule has 0 fully saturated rings. The third-order valence-electron chi connectivity index (χ3n) is 5.76. The number of halogens is 3. The molecule has 5 aromatic rings. The van der Waals surface area contributed by atoms with E-state index >= 15 is 0 Å². The summed E-state index contributed by atoms with van der Waals surface area (Å²) in [7, 11) is 0. The van der Waals surface area contributed by atoms with Crippen molar-refractivity contribution in [1.82, 2.24) is 10.4 Å². The quantitative estimate of drug-likeness (QED) is 0.146. The van der Waals surface area contributed by atoms with Crippen LogP contribution in [0.2, 0.25) is 0 Å². The summed E-state index contributed by atoms with van der Waals surface area (Å²) in [6.07, 6.45) is 1.54. The Morgan fingerprint density at radius 2 is 1.61 bits per heavy atom. The number of aromatic nitrogens is 1. The van der Waals surface area contributed by atoms with E-state index in [0.717, 1.165) is 16.5 Å². The van der Waals surface area contributed by atoms with Crippen molar-refractivity contribution in [2.75, 3.05) is 0 Å². The first kappa shape index (κ1) is 25.8. The Morgan fingerprint density at radius 3 is 2.37 bits per heavy atom. The van der Waals surface area contributed by atoms with Gasteiger partial charge in [0, 0.05) is 16.5 Å². The molecular weight excluding hydrogens is 613 g/mol. The van der Waals surface area contributed by atoms with Crippen LogP contribution in [0.4, 0.5) is 4.39 Å². The van der Waals surface area contributed by atoms with E-state index in [-0.39, 0.29) is 18.3 Å². The Kier molecular flexibility index (Phi) is 7.91. The van der Waals surface area contributed by atoms with E-state index in [4.69, 9.17) is 9.72 Å². The number of pyridine rings is 1. The average molecular weight is 633 g/mol. The molecular formula is C30H20Br2FN3O2. The van der Waals surface area contributed by atoms with Crippen molar-refractivity contribution in [3.63, 3.8) is 0 Å². The number of amides is 1. The molecule has 1 N–H and O–H groups in total. The van der Waals surface area contributed by atoms with Gasteiger partial charge >= 0.3 is 0 Å². The van der Waals surface area contributed by atoms with E-state index in [2.05, 4.69) is 42.4 Å². The summed E-state index contributed by atoms with van der Waals surface area (Å²) in [5.41, 5.74) is 6.62. The molecule has 4 aromatic carbocycles. The molecule has 5 rings (SSSR count). The number of rotatable bonds is 7. The molecule has 0 atom stereocenters. The molecule has 1 aromatic heterocycles. The largest absolute Gasteiger partial charge is 0.486 e. The second-order valence-electron chi connectivity index (χ2n) is 8.33. The Labute approximate surface area is 235 Å². The van der Waals surface area contributed by atoms with Crippen LogP contribution in [0.5, 0.6) is 5.75 Å². The van der Waals surface area contributed by atoms with Crippen LogP contribution in [-0.2, 0) is 6.61 Å². The lowest BCUT2D eigenvalue weighted by molar-refractivity contribution is 0.0956. The molecule has 8 heteroatoms. The van der Waals surface area contributed by atoms with Crippen LogP contribution in [0, 0.1) is 5.82 Å². The van der Waals surface area contributed by atoms with Gasteiger partial charge in [0.1, 0.15) is 18.2 Å². The van der Waals surface area contributed by atoms with Crippen molar-refractivity contribution in [3.8, 4) is 17.0 Å². The minimum atomic E-state index is -0.347. The molecule has 38 heavy (non-hydrogen) atoms. The summed E-state index contributed by atoms with van der Waals surface area (Å²) in [5.74, 6) is -0.136. The van der Waals surface area contributed by atoms with Crippen LogP contribution in [-0.4, -0.2) is 17.1 Å². The van der Waals surface area contributed by atoms with Crippen molar-refractivity contribution in [1.29, 1.82) is 0 Å². The summed E-state index contributed by atoms with van der Waals surface area (Å²) >= 11 is 7.00. The fourth-order valence-corrected chi connectivity index (χ4v) is 5.35. The molecule has 0 spiro atoms. The van der Waals surface area contributed by atoms with Crippen molar-refractivity contribution >= 4 is 54.9 Å². The van der Waals surface area contributed by atoms with Crippen LogP contribution in [0.25, 0.3) is 22.2 Å². The summed E-state index contributed by atoms with van der Waals surface area (Å²) in [4.78, 5) is 17.9. The second kappa shape index (κ2) is 11.7. The Balaban J connectivity index is 1.33. The molecule has 0 saturated heterocycles. The minimum Gasteiger partial charge on any atom is -0.486 e. The predicted molar refractivity (Wildman–Crippen MR) is 155 cm³/mol. The van der Waals surface area contributed by atoms with Gasteiger partial charge in [-0.15, -0.1) is 0 Å². The van der Waals surface area contributed by atoms with Crippen molar-refractivity contribution < 1.29 is 13.9 Å². The van der Waals surface area contributed by atoms with E-state index < -0.39 is 0 Å². The summed E-state index contributed by atoms with van der Waals surface area (Å²) in [5, 5.41) is 4.90. The average Bonchev–Trinajstić information content (AvgIpc) is 2.93. The van der Waals surface area contributed by atoms with Gasteiger partial charge in [0.25, 0.3) is 5.91 Å². The first-order chi connectivity index (χ1) is 18.5. The third kappa shape index (κ3) is 5.82. The summed E-state index contributed by atoms with van der Waals surface area (Å²) in [6.45, 7) is 0.0816. The molecule has 0 aliphatic carbocycles. The first-order valence-corrected chi connectivity index (χ1v) is 13.2. The molecule has 1 heterocycles. The van der Waals surface area contributed by atoms with E-state index in [0.29, 0.717) is 37.1 Å². The Morgan fingerprint density at radius 1 is 0.921 bits per heavy atom. The van der Waals surface area contributed by atoms with Gasteiger partial charge in [-0.05, 0) is 67.8 Å². The predicted octanol–water partition coefficient (Wildman–Crippen LogP) is 7.91. The number of ether oxygens (including phenoxy) is 1. The van der Waals surface area contributed by atoms with E-state index in [9.17, 15) is 9.18 Å². The topological polar surface area (TPSA) is 63.6 Å². The van der Waals surface area contributed by atoms with Crippen molar-refractivity contribution in [3.05, 3.63) is 129 Å². The Bertz CT molecular complexity index is 1640. The monoisotopic (exact) mass is 631 g/mol. The molecule has 188 valence electrons. The molecule has 0 bridgehead atoms. The van der Waals surface area contributed by atoms with Crippen LogP contribution >= 0.6 is 31.9 Å². The van der Waals surface area contributed by atoms with Gasteiger partial charge in [-0.25, -0.2) is 14.8 Å². The number of para-hydroxylation sites is 1. The number of hydrogen-bond donors (Lipinski definition) is 1. The van der Waals surface area contributed by atoms with Crippen LogP contribution in [0.15, 0.2) is 111 Å². The standard InChI is InChI=1S/C30H20Br2FN3O2/c31-24-14-19(15-25(32)29(24)38-18-21-10-4-6-12-26(21)33)17-34-36-30(37)23-16-28(20-8-2-1-3-9-20)35-27-13-7-5-11-22(23)27/h1-17H,18H2,(H,36,37)/b34-17+. The fraction of sp³-hybridized carbons (Fsp3) is 0.0333. The SMILES string of the molecule is O=C(N/N=C/c1cc(Br)c(OCc2ccccc2F)c(Br)c1)c1cc(-c2ccccc2)nc2ccccc12. The van der Waals surface area contributed by atoms with Gasteiger partial charge in [-0.2, -0.15) is 5.10 Å². The lowest BCUT2D eigenvalue weighted by Crippen LogP contribution is -2.18. The van der Waals surface area contributed by atoms with Gasteiger partial charge in [0.2, 0.25) is 0 Å². The maximum absolute atomic E-state index is 13.9. The summed E-state index contributed by atoms with van der Waals surface area (Å²) < 4.78 is 21.1. The number of carbonyl (C=O) groups excluding carboxylic acids is 1. The van der Waals surface area contributed by atoms with Crippen LogP contribution in [0.1, 0.15) is 21.5 Å². The summed E-state index contributed by atoms with van der Waals surface area (Å²) in [6, 6.07) is 29.1. The van der Waals surface area contributed by atoms with Gasteiger partial charge in [-0.3, -0.25) is 4.79 Å². The number of fused-ring (bicyclic) bond motifs is 1. The van der Waals surface area contributed by atoms with Gasteiger partial charge in [-0.1, -0.05) is 66.7 Å². The zero-order chi connectivity index (χ0) is 26.5. The molecule has 1 amide bonds. The minimum absolute atomic E-state index is 0.0816. The van der Waals surface area contributed by atoms with Crippen molar-refractivity contribution in [2.24, 2.45) is 5.10 Å². The fourth-order valence-electron chi connectivity index (χ4n) is 3.90. The Hall–Kier alpha value is -3.88. The highest BCUT2D eigenvalue weighted by Gasteiger charge is 2.14. The lowest BCUT2D eigenvalue weighted by Gasteiger charge is -2.12. The molecule has 0 unspecified atom stereocenters. The smallest absolute Gasteiger partial charge is 0.272 e. The van der Waals surface area contributed by atoms with Gasteiger partial charge in [0.05, 0.1) is 31.9 Å². The third-order valence-corrected chi connectivity index (χ3v) is 6.94. The van der Waals surface area contributed by atoms with E-state index in [1.165, 1.54) is 12.3 Å². The van der Waals surface area contributed by atoms with E-state index in [1.807, 2.05) is 54.6 Å². The number of benzene rings is 4. The highest BCUT2D eigenvalue weighted by atomic mass is 79.9. The highest BCUT2D eigenvalue weighted by molar-refractivity contribution is 9.11. The number of hydrogen-bond acceptors (Lipinski definition) is 4. The highest BCUT2D eigenvalue weighted by Crippen LogP contribution is 2.35. The number of hydrazone groups is 1. The maximum Gasteiger partial charge on any atom is 0.272 e. The molecule has 0 aliphatic heterocycles. The second-order valence-corrected chi connectivity index (χ2v) is 10.0. The normalized spacial score (nSPS) is 11.1. The van der Waals surface area contributed by atoms with E-state index in [1.54, 1.807) is 36.4 Å².